The SMILES string of the molecule is O=c1ccn2[nH]c(C3CCCCO3)nc2c1. The van der Waals surface area contributed by atoms with Gasteiger partial charge in [-0.3, -0.25) is 9.89 Å². The van der Waals surface area contributed by atoms with Crippen LogP contribution in [0.2, 0.25) is 0 Å². The van der Waals surface area contributed by atoms with Gasteiger partial charge >= 0.3 is 0 Å². The molecule has 2 aromatic heterocycles. The molecule has 1 N–H and O–H groups in total. The van der Waals surface area contributed by atoms with E-state index >= 15 is 0 Å². The van der Waals surface area contributed by atoms with E-state index < -0.39 is 0 Å². The van der Waals surface area contributed by atoms with Crippen LogP contribution in [0.1, 0.15) is 31.2 Å². The Hall–Kier alpha value is -1.62. The maximum atomic E-state index is 11.2. The van der Waals surface area contributed by atoms with E-state index in [1.807, 2.05) is 0 Å². The predicted octanol–water partition coefficient (Wildman–Crippen LogP) is 1.26. The lowest BCUT2D eigenvalue weighted by Crippen LogP contribution is -2.12. The normalized spacial score (nSPS) is 21.4. The highest BCUT2D eigenvalue weighted by Gasteiger charge is 2.19. The van der Waals surface area contributed by atoms with Gasteiger partial charge in [0.05, 0.1) is 0 Å². The molecule has 5 nitrogen and oxygen atoms in total. The van der Waals surface area contributed by atoms with Crippen LogP contribution in [-0.4, -0.2) is 21.2 Å². The van der Waals surface area contributed by atoms with Crippen molar-refractivity contribution in [1.29, 1.82) is 0 Å². The van der Waals surface area contributed by atoms with E-state index in [2.05, 4.69) is 10.1 Å². The quantitative estimate of drug-likeness (QED) is 0.785. The summed E-state index contributed by atoms with van der Waals surface area (Å²) in [6.07, 6.45) is 5.01. The molecular weight excluding hydrogens is 206 g/mol. The van der Waals surface area contributed by atoms with Crippen molar-refractivity contribution in [2.24, 2.45) is 0 Å². The van der Waals surface area contributed by atoms with E-state index in [4.69, 9.17) is 4.74 Å². The molecule has 0 radical (unpaired) electrons. The molecule has 0 spiro atoms. The Kier molecular flexibility index (Phi) is 2.25. The molecule has 1 atom stereocenters. The molecule has 0 aliphatic carbocycles. The third-order valence-electron chi connectivity index (χ3n) is 2.86. The predicted molar refractivity (Wildman–Crippen MR) is 58.4 cm³/mol. The van der Waals surface area contributed by atoms with Crippen molar-refractivity contribution in [2.45, 2.75) is 25.4 Å². The fraction of sp³-hybridized carbons (Fsp3) is 0.455. The zero-order chi connectivity index (χ0) is 11.0. The summed E-state index contributed by atoms with van der Waals surface area (Å²) in [4.78, 5) is 15.6. The van der Waals surface area contributed by atoms with Crippen molar-refractivity contribution < 1.29 is 4.74 Å². The molecule has 1 fully saturated rings. The first kappa shape index (κ1) is 9.59. The van der Waals surface area contributed by atoms with Crippen molar-refractivity contribution in [3.05, 3.63) is 34.4 Å². The summed E-state index contributed by atoms with van der Waals surface area (Å²) in [5, 5.41) is 3.13. The van der Waals surface area contributed by atoms with Crippen molar-refractivity contribution in [1.82, 2.24) is 14.6 Å². The van der Waals surface area contributed by atoms with Crippen LogP contribution in [0.3, 0.4) is 0 Å². The van der Waals surface area contributed by atoms with Crippen molar-refractivity contribution in [3.63, 3.8) is 0 Å². The number of H-pyrrole nitrogens is 1. The maximum absolute atomic E-state index is 11.2. The minimum absolute atomic E-state index is 0.0254. The zero-order valence-electron chi connectivity index (χ0n) is 8.85. The molecule has 84 valence electrons. The van der Waals surface area contributed by atoms with Crippen LogP contribution in [0, 0.1) is 0 Å². The van der Waals surface area contributed by atoms with E-state index in [1.54, 1.807) is 10.7 Å². The molecule has 1 aliphatic heterocycles. The summed E-state index contributed by atoms with van der Waals surface area (Å²) in [6, 6.07) is 3.03. The first-order chi connectivity index (χ1) is 7.83. The molecule has 0 aromatic carbocycles. The van der Waals surface area contributed by atoms with Gasteiger partial charge in [-0.2, -0.15) is 0 Å². The molecule has 3 rings (SSSR count). The highest BCUT2D eigenvalue weighted by Crippen LogP contribution is 2.25. The molecule has 1 aliphatic rings. The summed E-state index contributed by atoms with van der Waals surface area (Å²) in [6.45, 7) is 0.791. The van der Waals surface area contributed by atoms with Gasteiger partial charge in [-0.1, -0.05) is 0 Å². The summed E-state index contributed by atoms with van der Waals surface area (Å²) >= 11 is 0. The van der Waals surface area contributed by atoms with Gasteiger partial charge < -0.3 is 4.74 Å². The number of nitrogens with one attached hydrogen (secondary N) is 1. The van der Waals surface area contributed by atoms with Gasteiger partial charge in [0.1, 0.15) is 6.10 Å². The topological polar surface area (TPSA) is 59.4 Å². The van der Waals surface area contributed by atoms with E-state index in [0.717, 1.165) is 25.3 Å². The maximum Gasteiger partial charge on any atom is 0.183 e. The highest BCUT2D eigenvalue weighted by atomic mass is 16.5. The van der Waals surface area contributed by atoms with Gasteiger partial charge in [-0.05, 0) is 19.3 Å². The minimum atomic E-state index is -0.0254. The van der Waals surface area contributed by atoms with Crippen molar-refractivity contribution in [2.75, 3.05) is 6.61 Å². The van der Waals surface area contributed by atoms with Crippen molar-refractivity contribution >= 4 is 5.65 Å². The molecule has 1 unspecified atom stereocenters. The third kappa shape index (κ3) is 1.63. The first-order valence-electron chi connectivity index (χ1n) is 5.53. The average Bonchev–Trinajstić information content (AvgIpc) is 2.73. The monoisotopic (exact) mass is 219 g/mol. The van der Waals surface area contributed by atoms with Crippen LogP contribution in [0.5, 0.6) is 0 Å². The third-order valence-corrected chi connectivity index (χ3v) is 2.86. The Morgan fingerprint density at radius 3 is 3.25 bits per heavy atom. The molecule has 2 aromatic rings. The fourth-order valence-corrected chi connectivity index (χ4v) is 2.02. The molecular formula is C11H13N3O2. The molecule has 3 heterocycles. The first-order valence-corrected chi connectivity index (χ1v) is 5.53. The summed E-state index contributed by atoms with van der Waals surface area (Å²) in [7, 11) is 0. The van der Waals surface area contributed by atoms with Crippen LogP contribution in [0.25, 0.3) is 5.65 Å². The van der Waals surface area contributed by atoms with E-state index in [0.29, 0.717) is 5.65 Å². The Balaban J connectivity index is 2.00. The zero-order valence-corrected chi connectivity index (χ0v) is 8.85. The van der Waals surface area contributed by atoms with E-state index in [9.17, 15) is 4.79 Å². The number of ether oxygens (including phenoxy) is 1. The van der Waals surface area contributed by atoms with Gasteiger partial charge in [0.2, 0.25) is 0 Å². The Bertz CT molecular complexity index is 552. The second-order valence-corrected chi connectivity index (χ2v) is 4.05. The Labute approximate surface area is 92.1 Å². The fourth-order valence-electron chi connectivity index (χ4n) is 2.02. The number of pyridine rings is 1. The largest absolute Gasteiger partial charge is 0.370 e. The second-order valence-electron chi connectivity index (χ2n) is 4.05. The number of hydrogen-bond donors (Lipinski definition) is 1. The number of nitrogens with zero attached hydrogens (tertiary/aromatic N) is 2. The molecule has 0 bridgehead atoms. The lowest BCUT2D eigenvalue weighted by Gasteiger charge is -2.19. The van der Waals surface area contributed by atoms with Gasteiger partial charge in [0.15, 0.2) is 16.9 Å². The van der Waals surface area contributed by atoms with Crippen LogP contribution in [-0.2, 0) is 4.74 Å². The molecule has 5 heteroatoms. The van der Waals surface area contributed by atoms with Crippen molar-refractivity contribution in [3.8, 4) is 0 Å². The standard InChI is InChI=1S/C11H13N3O2/c15-8-4-5-14-10(7-8)12-11(13-14)9-3-1-2-6-16-9/h4-5,7,9H,1-3,6H2,(H,12,13). The number of rotatable bonds is 1. The minimum Gasteiger partial charge on any atom is -0.370 e. The summed E-state index contributed by atoms with van der Waals surface area (Å²) in [5.41, 5.74) is 0.624. The number of fused-ring (bicyclic) bond motifs is 1. The van der Waals surface area contributed by atoms with Gasteiger partial charge in [0, 0.05) is 24.9 Å². The molecule has 1 saturated heterocycles. The van der Waals surface area contributed by atoms with Crippen LogP contribution < -0.4 is 5.43 Å². The summed E-state index contributed by atoms with van der Waals surface area (Å²) in [5.74, 6) is 0.810. The molecule has 0 amide bonds. The number of hydrogen-bond acceptors (Lipinski definition) is 3. The van der Waals surface area contributed by atoms with Gasteiger partial charge in [-0.25, -0.2) is 9.50 Å². The summed E-state index contributed by atoms with van der Waals surface area (Å²) < 4.78 is 7.38. The average molecular weight is 219 g/mol. The molecule has 16 heavy (non-hydrogen) atoms. The smallest absolute Gasteiger partial charge is 0.183 e. The lowest BCUT2D eigenvalue weighted by atomic mass is 10.1. The Morgan fingerprint density at radius 1 is 1.50 bits per heavy atom. The Morgan fingerprint density at radius 2 is 2.44 bits per heavy atom. The molecule has 0 saturated carbocycles. The van der Waals surface area contributed by atoms with Crippen LogP contribution in [0.15, 0.2) is 23.1 Å². The van der Waals surface area contributed by atoms with Gasteiger partial charge in [0.25, 0.3) is 0 Å². The lowest BCUT2D eigenvalue weighted by molar-refractivity contribution is 0.00962. The van der Waals surface area contributed by atoms with E-state index in [-0.39, 0.29) is 11.5 Å². The number of aromatic amines is 1. The highest BCUT2D eigenvalue weighted by molar-refractivity contribution is 5.36. The van der Waals surface area contributed by atoms with Crippen LogP contribution >= 0.6 is 0 Å². The second kappa shape index (κ2) is 3.75. The van der Waals surface area contributed by atoms with Crippen LogP contribution in [0.4, 0.5) is 0 Å². The van der Waals surface area contributed by atoms with E-state index in [1.165, 1.54) is 18.6 Å². The number of aromatic nitrogens is 3. The van der Waals surface area contributed by atoms with Gasteiger partial charge in [-0.15, -0.1) is 0 Å².